The van der Waals surface area contributed by atoms with Gasteiger partial charge in [0.15, 0.2) is 24.7 Å². The number of methoxy groups -OCH3 is 1. The average Bonchev–Trinajstić information content (AvgIpc) is 2.46. The highest BCUT2D eigenvalue weighted by molar-refractivity contribution is 5.99. The maximum absolute atomic E-state index is 9.11. The molecule has 1 aromatic carbocycles. The molecule has 0 saturated carbocycles. The first kappa shape index (κ1) is 12.1. The molecule has 0 aliphatic carbocycles. The van der Waals surface area contributed by atoms with Crippen LogP contribution < -0.4 is 9.30 Å². The summed E-state index contributed by atoms with van der Waals surface area (Å²) >= 11 is 0. The lowest BCUT2D eigenvalue weighted by Crippen LogP contribution is -2.37. The first-order valence-corrected chi connectivity index (χ1v) is 5.63. The summed E-state index contributed by atoms with van der Waals surface area (Å²) in [5.41, 5.74) is 1.48. The number of oxime groups is 1. The van der Waals surface area contributed by atoms with E-state index in [0.29, 0.717) is 12.3 Å². The van der Waals surface area contributed by atoms with E-state index in [2.05, 4.69) is 5.16 Å². The van der Waals surface area contributed by atoms with Gasteiger partial charge in [-0.2, -0.15) is 4.57 Å². The minimum absolute atomic E-state index is 0.518. The second-order valence-electron chi connectivity index (χ2n) is 3.82. The molecule has 0 amide bonds. The summed E-state index contributed by atoms with van der Waals surface area (Å²) in [4.78, 5) is 0. The van der Waals surface area contributed by atoms with Crippen LogP contribution >= 0.6 is 0 Å². The number of rotatable bonds is 4. The molecule has 0 saturated heterocycles. The molecule has 4 nitrogen and oxygen atoms in total. The van der Waals surface area contributed by atoms with Crippen LogP contribution in [0.5, 0.6) is 5.75 Å². The van der Waals surface area contributed by atoms with Gasteiger partial charge in [0.2, 0.25) is 0 Å². The fourth-order valence-electron chi connectivity index (χ4n) is 1.68. The van der Waals surface area contributed by atoms with Crippen molar-refractivity contribution in [2.45, 2.75) is 6.54 Å². The van der Waals surface area contributed by atoms with E-state index in [-0.39, 0.29) is 0 Å². The second kappa shape index (κ2) is 5.82. The van der Waals surface area contributed by atoms with Crippen molar-refractivity contribution in [2.75, 3.05) is 7.11 Å². The predicted octanol–water partition coefficient (Wildman–Crippen LogP) is 1.86. The molecule has 92 valence electrons. The molecule has 4 heteroatoms. The summed E-state index contributed by atoms with van der Waals surface area (Å²) in [7, 11) is 1.62. The van der Waals surface area contributed by atoms with Crippen molar-refractivity contribution >= 4 is 5.71 Å². The molecule has 1 heterocycles. The molecule has 1 N–H and O–H groups in total. The molecule has 0 aliphatic rings. The quantitative estimate of drug-likeness (QED) is 0.385. The summed E-state index contributed by atoms with van der Waals surface area (Å²) in [6, 6.07) is 13.2. The van der Waals surface area contributed by atoms with Crippen LogP contribution in [-0.4, -0.2) is 18.0 Å². The number of pyridine rings is 1. The van der Waals surface area contributed by atoms with Crippen molar-refractivity contribution in [3.05, 3.63) is 60.4 Å². The zero-order valence-corrected chi connectivity index (χ0v) is 10.2. The summed E-state index contributed by atoms with van der Waals surface area (Å²) in [6.07, 6.45) is 3.85. The van der Waals surface area contributed by atoms with Gasteiger partial charge in [-0.05, 0) is 24.3 Å². The van der Waals surface area contributed by atoms with Gasteiger partial charge in [-0.1, -0.05) is 11.2 Å². The van der Waals surface area contributed by atoms with Crippen LogP contribution in [0.3, 0.4) is 0 Å². The van der Waals surface area contributed by atoms with Crippen molar-refractivity contribution in [1.82, 2.24) is 0 Å². The Morgan fingerprint density at radius 1 is 1.17 bits per heavy atom. The van der Waals surface area contributed by atoms with Crippen LogP contribution in [0.4, 0.5) is 0 Å². The highest BCUT2D eigenvalue weighted by atomic mass is 16.5. The number of aromatic nitrogens is 1. The van der Waals surface area contributed by atoms with Crippen molar-refractivity contribution in [2.24, 2.45) is 5.16 Å². The zero-order valence-electron chi connectivity index (χ0n) is 10.2. The van der Waals surface area contributed by atoms with E-state index in [0.717, 1.165) is 11.3 Å². The third-order valence-corrected chi connectivity index (χ3v) is 2.65. The molecule has 1 aromatic heterocycles. The van der Waals surface area contributed by atoms with Crippen LogP contribution in [0.25, 0.3) is 0 Å². The smallest absolute Gasteiger partial charge is 0.194 e. The molecule has 18 heavy (non-hydrogen) atoms. The molecule has 0 fully saturated rings. The first-order chi connectivity index (χ1) is 8.83. The first-order valence-electron chi connectivity index (χ1n) is 5.63. The number of ether oxygens (including phenoxy) is 1. The fraction of sp³-hybridized carbons (Fsp3) is 0.143. The Morgan fingerprint density at radius 3 is 2.39 bits per heavy atom. The molecular formula is C14H15N2O2+. The Labute approximate surface area is 106 Å². The molecule has 0 spiro atoms. The van der Waals surface area contributed by atoms with Gasteiger partial charge in [-0.25, -0.2) is 0 Å². The maximum Gasteiger partial charge on any atom is 0.194 e. The van der Waals surface area contributed by atoms with E-state index in [4.69, 9.17) is 9.94 Å². The number of hydrogen-bond donors (Lipinski definition) is 1. The minimum Gasteiger partial charge on any atom is -0.497 e. The van der Waals surface area contributed by atoms with E-state index >= 15 is 0 Å². The topological polar surface area (TPSA) is 45.7 Å². The monoisotopic (exact) mass is 243 g/mol. The van der Waals surface area contributed by atoms with Crippen molar-refractivity contribution in [3.8, 4) is 5.75 Å². The SMILES string of the molecule is COc1ccc(/C(C[n+]2ccccc2)=N/O)cc1. The van der Waals surface area contributed by atoms with Crippen molar-refractivity contribution < 1.29 is 14.5 Å². The van der Waals surface area contributed by atoms with Crippen molar-refractivity contribution in [1.29, 1.82) is 0 Å². The van der Waals surface area contributed by atoms with Gasteiger partial charge >= 0.3 is 0 Å². The molecule has 0 unspecified atom stereocenters. The van der Waals surface area contributed by atoms with E-state index in [1.165, 1.54) is 0 Å². The molecular weight excluding hydrogens is 228 g/mol. The van der Waals surface area contributed by atoms with E-state index < -0.39 is 0 Å². The molecule has 0 radical (unpaired) electrons. The third-order valence-electron chi connectivity index (χ3n) is 2.65. The third kappa shape index (κ3) is 2.85. The van der Waals surface area contributed by atoms with Crippen molar-refractivity contribution in [3.63, 3.8) is 0 Å². The largest absolute Gasteiger partial charge is 0.497 e. The number of benzene rings is 1. The van der Waals surface area contributed by atoms with Gasteiger partial charge in [-0.3, -0.25) is 0 Å². The second-order valence-corrected chi connectivity index (χ2v) is 3.82. The van der Waals surface area contributed by atoms with E-state index in [1.807, 2.05) is 59.4 Å². The summed E-state index contributed by atoms with van der Waals surface area (Å²) < 4.78 is 7.04. The highest BCUT2D eigenvalue weighted by Crippen LogP contribution is 2.12. The van der Waals surface area contributed by atoms with Gasteiger partial charge in [0.05, 0.1) is 7.11 Å². The van der Waals surface area contributed by atoms with Gasteiger partial charge in [0.25, 0.3) is 0 Å². The van der Waals surface area contributed by atoms with Crippen LogP contribution in [-0.2, 0) is 6.54 Å². The van der Waals surface area contributed by atoms with Gasteiger partial charge in [0, 0.05) is 17.7 Å². The lowest BCUT2D eigenvalue weighted by atomic mass is 10.1. The zero-order chi connectivity index (χ0) is 12.8. The Kier molecular flexibility index (Phi) is 3.91. The summed E-state index contributed by atoms with van der Waals surface area (Å²) in [5.74, 6) is 0.781. The standard InChI is InChI=1S/C14H14N2O2/c1-18-13-7-5-12(6-8-13)14(15-17)11-16-9-3-2-4-10-16/h2-10H,11H2,1H3/p+1/b15-14+. The predicted molar refractivity (Wildman–Crippen MR) is 68.0 cm³/mol. The van der Waals surface area contributed by atoms with Crippen LogP contribution in [0.15, 0.2) is 60.0 Å². The minimum atomic E-state index is 0.518. The highest BCUT2D eigenvalue weighted by Gasteiger charge is 2.10. The van der Waals surface area contributed by atoms with Crippen LogP contribution in [0.2, 0.25) is 0 Å². The number of nitrogens with zero attached hydrogens (tertiary/aromatic N) is 2. The average molecular weight is 243 g/mol. The Bertz CT molecular complexity index is 521. The molecule has 0 aliphatic heterocycles. The Hall–Kier alpha value is -2.36. The normalized spacial score (nSPS) is 11.3. The molecule has 0 bridgehead atoms. The summed E-state index contributed by atoms with van der Waals surface area (Å²) in [6.45, 7) is 0.518. The van der Waals surface area contributed by atoms with Gasteiger partial charge in [0.1, 0.15) is 5.75 Å². The lowest BCUT2D eigenvalue weighted by molar-refractivity contribution is -0.681. The van der Waals surface area contributed by atoms with E-state index in [1.54, 1.807) is 7.11 Å². The van der Waals surface area contributed by atoms with Gasteiger partial charge < -0.3 is 9.94 Å². The van der Waals surface area contributed by atoms with E-state index in [9.17, 15) is 0 Å². The maximum atomic E-state index is 9.11. The fourth-order valence-corrected chi connectivity index (χ4v) is 1.68. The Morgan fingerprint density at radius 2 is 1.83 bits per heavy atom. The molecule has 0 atom stereocenters. The lowest BCUT2D eigenvalue weighted by Gasteiger charge is -2.03. The molecule has 2 aromatic rings. The summed E-state index contributed by atoms with van der Waals surface area (Å²) in [5, 5.41) is 12.5. The Balaban J connectivity index is 2.18. The van der Waals surface area contributed by atoms with Gasteiger partial charge in [-0.15, -0.1) is 0 Å². The van der Waals surface area contributed by atoms with Crippen LogP contribution in [0.1, 0.15) is 5.56 Å². The molecule has 2 rings (SSSR count). The number of hydrogen-bond acceptors (Lipinski definition) is 3. The van der Waals surface area contributed by atoms with Crippen LogP contribution in [0, 0.1) is 0 Å².